The minimum absolute atomic E-state index is 0.114. The fraction of sp³-hybridized carbons (Fsp3) is 0.364. The van der Waals surface area contributed by atoms with Gasteiger partial charge in [0.2, 0.25) is 5.75 Å². The van der Waals surface area contributed by atoms with Gasteiger partial charge in [-0.3, -0.25) is 18.9 Å². The number of thioether (sulfide) groups is 1. The van der Waals surface area contributed by atoms with E-state index in [1.54, 1.807) is 27.4 Å². The molecule has 4 rings (SSSR count). The fourth-order valence-corrected chi connectivity index (χ4v) is 6.18. The van der Waals surface area contributed by atoms with E-state index in [2.05, 4.69) is 30.2 Å². The maximum absolute atomic E-state index is 13.8. The summed E-state index contributed by atoms with van der Waals surface area (Å²) in [5.74, 6) is 1.22. The van der Waals surface area contributed by atoms with E-state index in [9.17, 15) is 9.59 Å². The first-order valence-corrected chi connectivity index (χ1v) is 15.7. The van der Waals surface area contributed by atoms with E-state index in [4.69, 9.17) is 30.4 Å². The molecular formula is C33H37ClN2O6S. The number of halogens is 1. The number of amides is 1. The molecule has 1 atom stereocenters. The summed E-state index contributed by atoms with van der Waals surface area (Å²) >= 11 is 6.96. The molecule has 0 fully saturated rings. The normalized spacial score (nSPS) is 14.3. The highest BCUT2D eigenvalue weighted by Crippen LogP contribution is 2.50. The summed E-state index contributed by atoms with van der Waals surface area (Å²) in [6, 6.07) is 8.66. The SMILES string of the molecule is CC/C=C(\CC)c1cc(C(=O)N[C@H]2CCc3cc(OC)c(OC)c(OC)c3-c3ccc(SC)c(=O)cc32)cnc1COCl. The molecule has 8 nitrogen and oxygen atoms in total. The Hall–Kier alpha value is -3.53. The highest BCUT2D eigenvalue weighted by Gasteiger charge is 2.30. The Morgan fingerprint density at radius 2 is 1.88 bits per heavy atom. The number of benzene rings is 1. The highest BCUT2D eigenvalue weighted by atomic mass is 35.5. The van der Waals surface area contributed by atoms with E-state index < -0.39 is 6.04 Å². The zero-order valence-corrected chi connectivity index (χ0v) is 26.9. The molecule has 0 saturated heterocycles. The maximum atomic E-state index is 13.8. The second-order valence-corrected chi connectivity index (χ2v) is 11.1. The van der Waals surface area contributed by atoms with Crippen LogP contribution >= 0.6 is 23.6 Å². The minimum atomic E-state index is -0.475. The number of fused-ring (bicyclic) bond motifs is 3. The van der Waals surface area contributed by atoms with E-state index in [-0.39, 0.29) is 17.9 Å². The molecule has 1 aromatic heterocycles. The van der Waals surface area contributed by atoms with Crippen molar-refractivity contribution in [3.63, 3.8) is 0 Å². The molecule has 1 heterocycles. The van der Waals surface area contributed by atoms with E-state index >= 15 is 0 Å². The number of aryl methyl sites for hydroxylation is 1. The van der Waals surface area contributed by atoms with Crippen LogP contribution in [0, 0.1) is 0 Å². The molecule has 3 aromatic rings. The van der Waals surface area contributed by atoms with Crippen molar-refractivity contribution in [2.24, 2.45) is 0 Å². The van der Waals surface area contributed by atoms with Crippen LogP contribution in [-0.4, -0.2) is 38.5 Å². The molecule has 0 bridgehead atoms. The van der Waals surface area contributed by atoms with Gasteiger partial charge >= 0.3 is 0 Å². The Bertz CT molecular complexity index is 1590. The van der Waals surface area contributed by atoms with Crippen molar-refractivity contribution < 1.29 is 23.3 Å². The van der Waals surface area contributed by atoms with Gasteiger partial charge in [0.1, 0.15) is 6.61 Å². The summed E-state index contributed by atoms with van der Waals surface area (Å²) in [6.45, 7) is 4.23. The van der Waals surface area contributed by atoms with Gasteiger partial charge in [0.05, 0.1) is 55.4 Å². The molecule has 1 aliphatic rings. The third-order valence-corrected chi connectivity index (χ3v) is 8.51. The van der Waals surface area contributed by atoms with Gasteiger partial charge in [-0.05, 0) is 78.5 Å². The first-order chi connectivity index (χ1) is 20.8. The van der Waals surface area contributed by atoms with Crippen LogP contribution in [0.5, 0.6) is 17.2 Å². The number of hydrogen-bond donors (Lipinski definition) is 1. The summed E-state index contributed by atoms with van der Waals surface area (Å²) in [4.78, 5) is 32.2. The van der Waals surface area contributed by atoms with Crippen LogP contribution in [0.3, 0.4) is 0 Å². The van der Waals surface area contributed by atoms with Crippen LogP contribution in [0.25, 0.3) is 16.7 Å². The van der Waals surface area contributed by atoms with Crippen LogP contribution in [0.2, 0.25) is 0 Å². The Morgan fingerprint density at radius 3 is 2.51 bits per heavy atom. The van der Waals surface area contributed by atoms with Crippen molar-refractivity contribution in [1.82, 2.24) is 10.3 Å². The lowest BCUT2D eigenvalue weighted by atomic mass is 9.95. The molecule has 0 radical (unpaired) electrons. The lowest BCUT2D eigenvalue weighted by Gasteiger charge is -2.20. The molecule has 1 aliphatic carbocycles. The molecule has 1 N–H and O–H groups in total. The van der Waals surface area contributed by atoms with Gasteiger partial charge in [0, 0.05) is 17.3 Å². The number of allylic oxidation sites excluding steroid dienone is 2. The quantitative estimate of drug-likeness (QED) is 0.225. The van der Waals surface area contributed by atoms with Gasteiger partial charge in [-0.2, -0.15) is 0 Å². The number of carbonyl (C=O) groups excluding carboxylic acids is 1. The minimum Gasteiger partial charge on any atom is -0.493 e. The number of ether oxygens (including phenoxy) is 3. The summed E-state index contributed by atoms with van der Waals surface area (Å²) < 4.78 is 22.1. The fourth-order valence-electron chi connectivity index (χ4n) is 5.61. The van der Waals surface area contributed by atoms with E-state index in [1.165, 1.54) is 18.0 Å². The molecule has 2 aromatic carbocycles. The molecule has 0 aliphatic heterocycles. The van der Waals surface area contributed by atoms with Crippen molar-refractivity contribution in [2.75, 3.05) is 27.6 Å². The predicted molar refractivity (Wildman–Crippen MR) is 172 cm³/mol. The molecule has 10 heteroatoms. The van der Waals surface area contributed by atoms with Gasteiger partial charge in [0.15, 0.2) is 16.9 Å². The van der Waals surface area contributed by atoms with Crippen molar-refractivity contribution in [1.29, 1.82) is 0 Å². The summed E-state index contributed by atoms with van der Waals surface area (Å²) in [6.07, 6.45) is 8.25. The Kier molecular flexibility index (Phi) is 11.1. The molecule has 0 spiro atoms. The Morgan fingerprint density at radius 1 is 1.12 bits per heavy atom. The lowest BCUT2D eigenvalue weighted by molar-refractivity contribution is 0.0934. The van der Waals surface area contributed by atoms with E-state index in [0.29, 0.717) is 51.8 Å². The number of rotatable bonds is 11. The number of aromatic nitrogens is 1. The molecule has 43 heavy (non-hydrogen) atoms. The van der Waals surface area contributed by atoms with Crippen LogP contribution in [0.4, 0.5) is 0 Å². The molecular weight excluding hydrogens is 588 g/mol. The maximum Gasteiger partial charge on any atom is 0.253 e. The number of pyridine rings is 1. The topological polar surface area (TPSA) is 96.0 Å². The largest absolute Gasteiger partial charge is 0.493 e. The Balaban J connectivity index is 1.86. The number of nitrogens with one attached hydrogen (secondary N) is 1. The molecule has 228 valence electrons. The number of methoxy groups -OCH3 is 3. The zero-order valence-electron chi connectivity index (χ0n) is 25.3. The first kappa shape index (κ1) is 32.4. The monoisotopic (exact) mass is 624 g/mol. The average molecular weight is 625 g/mol. The molecule has 1 amide bonds. The second-order valence-electron chi connectivity index (χ2n) is 9.99. The summed E-state index contributed by atoms with van der Waals surface area (Å²) in [5.41, 5.74) is 6.07. The number of carbonyl (C=O) groups is 1. The van der Waals surface area contributed by atoms with Crippen molar-refractivity contribution in [3.8, 4) is 28.4 Å². The van der Waals surface area contributed by atoms with E-state index in [1.807, 2.05) is 30.5 Å². The second kappa shape index (κ2) is 14.8. The van der Waals surface area contributed by atoms with Crippen LogP contribution in [0.1, 0.15) is 71.9 Å². The number of hydrogen-bond acceptors (Lipinski definition) is 8. The van der Waals surface area contributed by atoms with Gasteiger partial charge in [-0.1, -0.05) is 26.0 Å². The standard InChI is InChI=1S/C33H37ClN2O6S/c1-7-9-19(8-2)23-14-21(17-35-26(23)18-42-34)33(38)36-25-12-10-20-15-28(39-3)31(40-4)32(41-5)30(20)22-11-13-29(43-6)27(37)16-24(22)25/h9,11,13-17,25H,7-8,10,12,18H2,1-6H3,(H,36,38)/b19-9+/t25-/m0/s1. The van der Waals surface area contributed by atoms with Crippen LogP contribution in [-0.2, 0) is 17.3 Å². The predicted octanol–water partition coefficient (Wildman–Crippen LogP) is 7.15. The lowest BCUT2D eigenvalue weighted by Crippen LogP contribution is -2.29. The van der Waals surface area contributed by atoms with Gasteiger partial charge in [-0.15, -0.1) is 11.8 Å². The third-order valence-electron chi connectivity index (χ3n) is 7.63. The van der Waals surface area contributed by atoms with Crippen LogP contribution in [0.15, 0.2) is 52.3 Å². The van der Waals surface area contributed by atoms with Crippen molar-refractivity contribution in [2.45, 2.75) is 57.1 Å². The third kappa shape index (κ3) is 6.69. The summed E-state index contributed by atoms with van der Waals surface area (Å²) in [7, 11) is 4.72. The zero-order chi connectivity index (χ0) is 31.1. The average Bonchev–Trinajstić information content (AvgIpc) is 3.27. The van der Waals surface area contributed by atoms with Crippen molar-refractivity contribution in [3.05, 3.63) is 80.8 Å². The van der Waals surface area contributed by atoms with Gasteiger partial charge in [-0.25, -0.2) is 0 Å². The van der Waals surface area contributed by atoms with Crippen molar-refractivity contribution >= 4 is 35.1 Å². The highest BCUT2D eigenvalue weighted by molar-refractivity contribution is 7.98. The molecule has 0 saturated carbocycles. The van der Waals surface area contributed by atoms with Crippen LogP contribution < -0.4 is 25.0 Å². The smallest absolute Gasteiger partial charge is 0.253 e. The number of nitrogens with zero attached hydrogens (tertiary/aromatic N) is 1. The van der Waals surface area contributed by atoms with E-state index in [0.717, 1.165) is 40.7 Å². The summed E-state index contributed by atoms with van der Waals surface area (Å²) in [5, 5.41) is 3.20. The van der Waals surface area contributed by atoms with Gasteiger partial charge in [0.25, 0.3) is 5.91 Å². The molecule has 0 unspecified atom stereocenters. The van der Waals surface area contributed by atoms with Gasteiger partial charge < -0.3 is 19.5 Å². The first-order valence-electron chi connectivity index (χ1n) is 14.1. The Labute approximate surface area is 261 Å².